The fourth-order valence-electron chi connectivity index (χ4n) is 3.16. The van der Waals surface area contributed by atoms with Crippen LogP contribution in [0.4, 0.5) is 4.79 Å². The highest BCUT2D eigenvalue weighted by Gasteiger charge is 2.26. The quantitative estimate of drug-likeness (QED) is 0.724. The summed E-state index contributed by atoms with van der Waals surface area (Å²) in [7, 11) is 0. The van der Waals surface area contributed by atoms with Crippen molar-refractivity contribution in [3.63, 3.8) is 0 Å². The molecule has 3 rings (SSSR count). The van der Waals surface area contributed by atoms with Crippen LogP contribution in [0.2, 0.25) is 0 Å². The van der Waals surface area contributed by atoms with Gasteiger partial charge in [0.25, 0.3) is 0 Å². The van der Waals surface area contributed by atoms with Gasteiger partial charge in [0.1, 0.15) is 5.01 Å². The number of carboxylic acid groups (broad SMARTS) is 1. The summed E-state index contributed by atoms with van der Waals surface area (Å²) in [6, 6.07) is 9.91. The first kappa shape index (κ1) is 18.4. The lowest BCUT2D eigenvalue weighted by atomic mass is 9.86. The Hall–Kier alpha value is -2.41. The normalized spacial score (nSPS) is 19.7. The molecule has 0 saturated heterocycles. The molecular weight excluding hydrogens is 350 g/mol. The van der Waals surface area contributed by atoms with E-state index in [0.29, 0.717) is 25.8 Å². The predicted octanol–water partition coefficient (Wildman–Crippen LogP) is 3.30. The molecular formula is C19H23N3O3S. The van der Waals surface area contributed by atoms with E-state index in [2.05, 4.69) is 15.6 Å². The Kier molecular flexibility index (Phi) is 6.22. The van der Waals surface area contributed by atoms with Crippen molar-refractivity contribution in [2.24, 2.45) is 5.92 Å². The van der Waals surface area contributed by atoms with Crippen molar-refractivity contribution in [1.82, 2.24) is 15.6 Å². The number of amides is 2. The minimum absolute atomic E-state index is 0.0644. The Morgan fingerprint density at radius 2 is 1.88 bits per heavy atom. The van der Waals surface area contributed by atoms with E-state index in [4.69, 9.17) is 5.11 Å². The van der Waals surface area contributed by atoms with Gasteiger partial charge < -0.3 is 15.7 Å². The molecule has 0 atom stereocenters. The molecule has 3 N–H and O–H groups in total. The van der Waals surface area contributed by atoms with Gasteiger partial charge >= 0.3 is 12.0 Å². The van der Waals surface area contributed by atoms with Crippen molar-refractivity contribution in [3.8, 4) is 10.6 Å². The van der Waals surface area contributed by atoms with Gasteiger partial charge in [0.05, 0.1) is 11.6 Å². The summed E-state index contributed by atoms with van der Waals surface area (Å²) in [5.74, 6) is -0.995. The Labute approximate surface area is 156 Å². The van der Waals surface area contributed by atoms with Crippen LogP contribution in [0.15, 0.2) is 35.7 Å². The summed E-state index contributed by atoms with van der Waals surface area (Å²) in [6.07, 6.45) is 3.37. The first-order chi connectivity index (χ1) is 12.6. The van der Waals surface area contributed by atoms with E-state index < -0.39 is 5.97 Å². The van der Waals surface area contributed by atoms with Crippen LogP contribution in [-0.4, -0.2) is 34.7 Å². The van der Waals surface area contributed by atoms with Crippen molar-refractivity contribution >= 4 is 23.3 Å². The van der Waals surface area contributed by atoms with Gasteiger partial charge in [-0.15, -0.1) is 11.3 Å². The Balaban J connectivity index is 1.38. The topological polar surface area (TPSA) is 91.3 Å². The number of nitrogens with one attached hydrogen (secondary N) is 2. The lowest BCUT2D eigenvalue weighted by Gasteiger charge is -2.26. The van der Waals surface area contributed by atoms with Crippen molar-refractivity contribution in [2.75, 3.05) is 6.54 Å². The van der Waals surface area contributed by atoms with Gasteiger partial charge in [0.15, 0.2) is 0 Å². The number of aliphatic carboxylic acids is 1. The number of thiazole rings is 1. The number of benzene rings is 1. The Morgan fingerprint density at radius 1 is 1.15 bits per heavy atom. The first-order valence-electron chi connectivity index (χ1n) is 8.89. The maximum atomic E-state index is 12.0. The molecule has 26 heavy (non-hydrogen) atoms. The van der Waals surface area contributed by atoms with E-state index in [1.165, 1.54) is 0 Å². The molecule has 2 amide bonds. The third-order valence-corrected chi connectivity index (χ3v) is 5.59. The molecule has 6 nitrogen and oxygen atoms in total. The third kappa shape index (κ3) is 5.05. The maximum absolute atomic E-state index is 12.0. The van der Waals surface area contributed by atoms with Gasteiger partial charge in [-0.1, -0.05) is 30.3 Å². The highest BCUT2D eigenvalue weighted by molar-refractivity contribution is 7.13. The number of carbonyl (C=O) groups excluding carboxylic acids is 1. The molecule has 1 aliphatic rings. The molecule has 2 aromatic rings. The molecule has 0 bridgehead atoms. The molecule has 1 heterocycles. The fraction of sp³-hybridized carbons (Fsp3) is 0.421. The number of carbonyl (C=O) groups is 2. The SMILES string of the molecule is O=C(NCCc1csc(-c2ccccc2)n1)NC1CCC(C(=O)O)CC1. The lowest BCUT2D eigenvalue weighted by molar-refractivity contribution is -0.142. The smallest absolute Gasteiger partial charge is 0.315 e. The zero-order chi connectivity index (χ0) is 18.4. The summed E-state index contributed by atoms with van der Waals surface area (Å²) in [4.78, 5) is 27.5. The Morgan fingerprint density at radius 3 is 2.58 bits per heavy atom. The average Bonchev–Trinajstić information content (AvgIpc) is 3.12. The second-order valence-corrected chi connectivity index (χ2v) is 7.41. The van der Waals surface area contributed by atoms with Crippen LogP contribution >= 0.6 is 11.3 Å². The zero-order valence-corrected chi connectivity index (χ0v) is 15.3. The third-order valence-electron chi connectivity index (χ3n) is 4.65. The van der Waals surface area contributed by atoms with Crippen LogP contribution in [0.1, 0.15) is 31.4 Å². The van der Waals surface area contributed by atoms with E-state index in [0.717, 1.165) is 29.1 Å². The molecule has 7 heteroatoms. The van der Waals surface area contributed by atoms with Crippen LogP contribution in [0, 0.1) is 5.92 Å². The number of urea groups is 1. The standard InChI is InChI=1S/C19H23N3O3S/c23-18(24)14-6-8-15(9-7-14)22-19(25)20-11-10-16-12-26-17(21-16)13-4-2-1-3-5-13/h1-5,12,14-15H,6-11H2,(H,23,24)(H2,20,22,25). The van der Waals surface area contributed by atoms with E-state index in [1.807, 2.05) is 35.7 Å². The van der Waals surface area contributed by atoms with Crippen molar-refractivity contribution in [1.29, 1.82) is 0 Å². The highest BCUT2D eigenvalue weighted by atomic mass is 32.1. The number of nitrogens with zero attached hydrogens (tertiary/aromatic N) is 1. The van der Waals surface area contributed by atoms with Gasteiger partial charge in [-0.3, -0.25) is 4.79 Å². The number of hydrogen-bond acceptors (Lipinski definition) is 4. The summed E-state index contributed by atoms with van der Waals surface area (Å²) in [5.41, 5.74) is 2.07. The van der Waals surface area contributed by atoms with Crippen molar-refractivity contribution < 1.29 is 14.7 Å². The van der Waals surface area contributed by atoms with Gasteiger partial charge in [0.2, 0.25) is 0 Å². The number of rotatable bonds is 6. The van der Waals surface area contributed by atoms with Crippen LogP contribution in [-0.2, 0) is 11.2 Å². The molecule has 1 fully saturated rings. The molecule has 1 saturated carbocycles. The van der Waals surface area contributed by atoms with Gasteiger partial charge in [-0.25, -0.2) is 9.78 Å². The predicted molar refractivity (Wildman–Crippen MR) is 101 cm³/mol. The number of carboxylic acids is 1. The molecule has 0 unspecified atom stereocenters. The molecule has 1 aromatic heterocycles. The van der Waals surface area contributed by atoms with E-state index in [1.54, 1.807) is 11.3 Å². The summed E-state index contributed by atoms with van der Waals surface area (Å²) < 4.78 is 0. The van der Waals surface area contributed by atoms with Crippen molar-refractivity contribution in [3.05, 3.63) is 41.4 Å². The van der Waals surface area contributed by atoms with E-state index in [9.17, 15) is 9.59 Å². The second-order valence-electron chi connectivity index (χ2n) is 6.55. The maximum Gasteiger partial charge on any atom is 0.315 e. The summed E-state index contributed by atoms with van der Waals surface area (Å²) >= 11 is 1.61. The first-order valence-corrected chi connectivity index (χ1v) is 9.77. The Bertz CT molecular complexity index is 739. The van der Waals surface area contributed by atoms with E-state index >= 15 is 0 Å². The second kappa shape index (κ2) is 8.80. The largest absolute Gasteiger partial charge is 0.481 e. The molecule has 138 valence electrons. The number of hydrogen-bond donors (Lipinski definition) is 3. The monoisotopic (exact) mass is 373 g/mol. The van der Waals surface area contributed by atoms with Gasteiger partial charge in [-0.2, -0.15) is 0 Å². The van der Waals surface area contributed by atoms with Gasteiger partial charge in [-0.05, 0) is 25.7 Å². The van der Waals surface area contributed by atoms with Crippen LogP contribution in [0.25, 0.3) is 10.6 Å². The summed E-state index contributed by atoms with van der Waals surface area (Å²) in [6.45, 7) is 0.522. The molecule has 0 aliphatic heterocycles. The fourth-order valence-corrected chi connectivity index (χ4v) is 4.02. The zero-order valence-electron chi connectivity index (χ0n) is 14.5. The molecule has 1 aromatic carbocycles. The summed E-state index contributed by atoms with van der Waals surface area (Å²) in [5, 5.41) is 17.8. The highest BCUT2D eigenvalue weighted by Crippen LogP contribution is 2.24. The van der Waals surface area contributed by atoms with Crippen LogP contribution < -0.4 is 10.6 Å². The lowest BCUT2D eigenvalue weighted by Crippen LogP contribution is -2.44. The van der Waals surface area contributed by atoms with E-state index in [-0.39, 0.29) is 18.0 Å². The number of aromatic nitrogens is 1. The minimum atomic E-state index is -0.731. The van der Waals surface area contributed by atoms with Crippen molar-refractivity contribution in [2.45, 2.75) is 38.1 Å². The molecule has 1 aliphatic carbocycles. The minimum Gasteiger partial charge on any atom is -0.481 e. The van der Waals surface area contributed by atoms with Gasteiger partial charge in [0, 0.05) is 30.0 Å². The van der Waals surface area contributed by atoms with Crippen LogP contribution in [0.3, 0.4) is 0 Å². The van der Waals surface area contributed by atoms with Crippen LogP contribution in [0.5, 0.6) is 0 Å². The molecule has 0 spiro atoms. The average molecular weight is 373 g/mol. The molecule has 0 radical (unpaired) electrons.